The lowest BCUT2D eigenvalue weighted by Gasteiger charge is -2.21. The summed E-state index contributed by atoms with van der Waals surface area (Å²) in [4.78, 5) is 34.1. The fourth-order valence-electron chi connectivity index (χ4n) is 2.26. The Labute approximate surface area is 117 Å². The lowest BCUT2D eigenvalue weighted by Crippen LogP contribution is -2.40. The Morgan fingerprint density at radius 3 is 2.67 bits per heavy atom. The highest BCUT2D eigenvalue weighted by molar-refractivity contribution is 6.00. The smallest absolute Gasteiger partial charge is 0.326 e. The number of halogens is 1. The maximum Gasteiger partial charge on any atom is 0.326 e. The van der Waals surface area contributed by atoms with Gasteiger partial charge in [0.2, 0.25) is 0 Å². The van der Waals surface area contributed by atoms with Gasteiger partial charge in [0.25, 0.3) is 11.6 Å². The Kier molecular flexibility index (Phi) is 3.85. The molecule has 1 aromatic rings. The second-order valence-electron chi connectivity index (χ2n) is 4.62. The SMILES string of the molecule is O=C(O)[C@H]1C[C@@H](O)CN1C(=O)c1ccc(F)cc1[N+](=O)[O-]. The van der Waals surface area contributed by atoms with Gasteiger partial charge < -0.3 is 15.1 Å². The van der Waals surface area contributed by atoms with Crippen LogP contribution in [-0.4, -0.2) is 50.6 Å². The third kappa shape index (κ3) is 2.82. The number of hydrogen-bond donors (Lipinski definition) is 2. The summed E-state index contributed by atoms with van der Waals surface area (Å²) < 4.78 is 13.1. The number of likely N-dealkylation sites (tertiary alicyclic amines) is 1. The number of benzene rings is 1. The number of aliphatic hydroxyl groups is 1. The quantitative estimate of drug-likeness (QED) is 0.615. The molecule has 1 fully saturated rings. The molecule has 0 aliphatic carbocycles. The Morgan fingerprint density at radius 2 is 2.10 bits per heavy atom. The number of nitrogens with zero attached hydrogens (tertiary/aromatic N) is 2. The minimum Gasteiger partial charge on any atom is -0.480 e. The van der Waals surface area contributed by atoms with Crippen LogP contribution in [-0.2, 0) is 4.79 Å². The molecule has 1 aliphatic heterocycles. The average molecular weight is 298 g/mol. The molecule has 2 N–H and O–H groups in total. The van der Waals surface area contributed by atoms with Crippen LogP contribution in [0.3, 0.4) is 0 Å². The number of rotatable bonds is 3. The van der Waals surface area contributed by atoms with Gasteiger partial charge in [-0.3, -0.25) is 14.9 Å². The van der Waals surface area contributed by atoms with E-state index in [1.54, 1.807) is 0 Å². The molecule has 2 rings (SSSR count). The van der Waals surface area contributed by atoms with E-state index in [9.17, 15) is 29.2 Å². The molecule has 8 nitrogen and oxygen atoms in total. The van der Waals surface area contributed by atoms with Crippen molar-refractivity contribution in [2.75, 3.05) is 6.54 Å². The van der Waals surface area contributed by atoms with Gasteiger partial charge in [-0.1, -0.05) is 0 Å². The molecule has 1 aliphatic rings. The largest absolute Gasteiger partial charge is 0.480 e. The summed E-state index contributed by atoms with van der Waals surface area (Å²) in [6.45, 7) is -0.246. The van der Waals surface area contributed by atoms with Gasteiger partial charge in [0.15, 0.2) is 0 Å². The van der Waals surface area contributed by atoms with Crippen molar-refractivity contribution in [2.45, 2.75) is 18.6 Å². The predicted octanol–water partition coefficient (Wildman–Crippen LogP) is 0.394. The van der Waals surface area contributed by atoms with Crippen LogP contribution in [0, 0.1) is 15.9 Å². The summed E-state index contributed by atoms with van der Waals surface area (Å²) in [7, 11) is 0. The predicted molar refractivity (Wildman–Crippen MR) is 66.1 cm³/mol. The first kappa shape index (κ1) is 14.9. The van der Waals surface area contributed by atoms with E-state index in [2.05, 4.69) is 0 Å². The van der Waals surface area contributed by atoms with Crippen LogP contribution in [0.2, 0.25) is 0 Å². The van der Waals surface area contributed by atoms with Gasteiger partial charge in [-0.05, 0) is 12.1 Å². The second-order valence-corrected chi connectivity index (χ2v) is 4.62. The summed E-state index contributed by atoms with van der Waals surface area (Å²) in [6, 6.07) is 1.13. The zero-order chi connectivity index (χ0) is 15.7. The fourth-order valence-corrected chi connectivity index (χ4v) is 2.26. The highest BCUT2D eigenvalue weighted by atomic mass is 19.1. The third-order valence-corrected chi connectivity index (χ3v) is 3.21. The standard InChI is InChI=1S/C12H11FN2O6/c13-6-1-2-8(9(3-6)15(20)21)11(17)14-5-7(16)4-10(14)12(18)19/h1-3,7,10,16H,4-5H2,(H,18,19)/t7-,10-/m1/s1. The molecule has 1 saturated heterocycles. The van der Waals surface area contributed by atoms with Gasteiger partial charge in [0, 0.05) is 13.0 Å². The minimum atomic E-state index is -1.32. The van der Waals surface area contributed by atoms with E-state index in [-0.39, 0.29) is 13.0 Å². The van der Waals surface area contributed by atoms with Crippen molar-refractivity contribution in [1.82, 2.24) is 4.90 Å². The summed E-state index contributed by atoms with van der Waals surface area (Å²) in [5.41, 5.74) is -1.16. The minimum absolute atomic E-state index is 0.157. The highest BCUT2D eigenvalue weighted by Gasteiger charge is 2.40. The van der Waals surface area contributed by atoms with Crippen LogP contribution < -0.4 is 0 Å². The lowest BCUT2D eigenvalue weighted by molar-refractivity contribution is -0.385. The highest BCUT2D eigenvalue weighted by Crippen LogP contribution is 2.26. The topological polar surface area (TPSA) is 121 Å². The lowest BCUT2D eigenvalue weighted by atomic mass is 10.1. The van der Waals surface area contributed by atoms with Gasteiger partial charge in [-0.15, -0.1) is 0 Å². The number of β-amino-alcohol motifs (C(OH)–C–C–N with tert-alkyl or cyclic N) is 1. The number of nitro groups is 1. The first-order valence-corrected chi connectivity index (χ1v) is 5.97. The maximum absolute atomic E-state index is 13.1. The normalized spacial score (nSPS) is 21.3. The first-order chi connectivity index (χ1) is 9.81. The molecule has 9 heteroatoms. The summed E-state index contributed by atoms with van der Waals surface area (Å²) >= 11 is 0. The molecule has 0 spiro atoms. The molecule has 21 heavy (non-hydrogen) atoms. The maximum atomic E-state index is 13.1. The molecule has 112 valence electrons. The van der Waals surface area contributed by atoms with Crippen LogP contribution >= 0.6 is 0 Å². The van der Waals surface area contributed by atoms with Crippen molar-refractivity contribution in [3.8, 4) is 0 Å². The van der Waals surface area contributed by atoms with E-state index in [4.69, 9.17) is 5.11 Å². The molecule has 0 aromatic heterocycles. The van der Waals surface area contributed by atoms with Crippen molar-refractivity contribution in [3.63, 3.8) is 0 Å². The van der Waals surface area contributed by atoms with Crippen molar-refractivity contribution in [1.29, 1.82) is 0 Å². The van der Waals surface area contributed by atoms with Crippen LogP contribution in [0.4, 0.5) is 10.1 Å². The monoisotopic (exact) mass is 298 g/mol. The van der Waals surface area contributed by atoms with Crippen molar-refractivity contribution >= 4 is 17.6 Å². The Balaban J connectivity index is 2.40. The van der Waals surface area contributed by atoms with Crippen LogP contribution in [0.25, 0.3) is 0 Å². The second kappa shape index (κ2) is 5.44. The molecule has 0 saturated carbocycles. The number of hydrogen-bond acceptors (Lipinski definition) is 5. The number of amides is 1. The number of carboxylic acids is 1. The Bertz CT molecular complexity index is 620. The van der Waals surface area contributed by atoms with Crippen molar-refractivity contribution in [2.24, 2.45) is 0 Å². The molecule has 0 unspecified atom stereocenters. The molecule has 1 amide bonds. The number of carbonyl (C=O) groups excluding carboxylic acids is 1. The third-order valence-electron chi connectivity index (χ3n) is 3.21. The Morgan fingerprint density at radius 1 is 1.43 bits per heavy atom. The van der Waals surface area contributed by atoms with Gasteiger partial charge in [-0.25, -0.2) is 9.18 Å². The van der Waals surface area contributed by atoms with Crippen molar-refractivity contribution < 1.29 is 29.1 Å². The van der Waals surface area contributed by atoms with Gasteiger partial charge in [0.1, 0.15) is 17.4 Å². The van der Waals surface area contributed by atoms with Crippen molar-refractivity contribution in [3.05, 3.63) is 39.7 Å². The number of aliphatic carboxylic acids is 1. The van der Waals surface area contributed by atoms with Gasteiger partial charge in [-0.2, -0.15) is 0 Å². The van der Waals surface area contributed by atoms with Crippen LogP contribution in [0.1, 0.15) is 16.8 Å². The number of carboxylic acid groups (broad SMARTS) is 1. The first-order valence-electron chi connectivity index (χ1n) is 5.97. The zero-order valence-corrected chi connectivity index (χ0v) is 10.6. The van der Waals surface area contributed by atoms with Gasteiger partial charge in [0.05, 0.1) is 17.1 Å². The van der Waals surface area contributed by atoms with E-state index in [1.165, 1.54) is 0 Å². The number of carbonyl (C=O) groups is 2. The summed E-state index contributed by atoms with van der Waals surface area (Å²) in [5, 5.41) is 29.4. The van der Waals surface area contributed by atoms with E-state index in [0.29, 0.717) is 6.07 Å². The van der Waals surface area contributed by atoms with E-state index in [1.807, 2.05) is 0 Å². The number of aliphatic hydroxyl groups excluding tert-OH is 1. The molecular formula is C12H11FN2O6. The summed E-state index contributed by atoms with van der Waals surface area (Å²) in [5.74, 6) is -3.12. The van der Waals surface area contributed by atoms with E-state index >= 15 is 0 Å². The van der Waals surface area contributed by atoms with Gasteiger partial charge >= 0.3 is 5.97 Å². The van der Waals surface area contributed by atoms with E-state index in [0.717, 1.165) is 17.0 Å². The number of nitro benzene ring substituents is 1. The zero-order valence-electron chi connectivity index (χ0n) is 10.6. The average Bonchev–Trinajstić information content (AvgIpc) is 2.80. The molecule has 0 radical (unpaired) electrons. The molecule has 1 heterocycles. The Hall–Kier alpha value is -2.55. The van der Waals surface area contributed by atoms with Crippen LogP contribution in [0.15, 0.2) is 18.2 Å². The molecular weight excluding hydrogens is 287 g/mol. The molecule has 2 atom stereocenters. The van der Waals surface area contributed by atoms with Crippen LogP contribution in [0.5, 0.6) is 0 Å². The van der Waals surface area contributed by atoms with E-state index < -0.39 is 46.0 Å². The summed E-state index contributed by atoms with van der Waals surface area (Å²) in [6.07, 6.45) is -1.18. The molecule has 0 bridgehead atoms. The molecule has 1 aromatic carbocycles. The fraction of sp³-hybridized carbons (Fsp3) is 0.333.